The molecule has 1 aliphatic carbocycles. The SMILES string of the molecule is COc1nc(N2CC3CCC(C2)N3)c2cnc(-c3cccc4c3C(C)CC4)c(F)c2n1. The summed E-state index contributed by atoms with van der Waals surface area (Å²) in [6, 6.07) is 7.20. The fraction of sp³-hybridized carbons (Fsp3) is 0.458. The molecule has 6 rings (SSSR count). The zero-order chi connectivity index (χ0) is 21.1. The number of piperazine rings is 1. The molecule has 3 unspecified atom stereocenters. The van der Waals surface area contributed by atoms with Crippen molar-refractivity contribution in [3.63, 3.8) is 0 Å². The number of benzene rings is 1. The molecule has 0 amide bonds. The molecule has 3 aromatic rings. The standard InChI is InChI=1S/C24H26FN5O/c1-13-6-7-14-4-3-5-17(19(13)14)21-20(25)22-18(10-26-21)23(29-24(28-22)31-2)30-11-15-8-9-16(12-30)27-15/h3-5,10,13,15-16,27H,6-9,11-12H2,1-2H3. The van der Waals surface area contributed by atoms with Gasteiger partial charge < -0.3 is 15.0 Å². The molecule has 0 spiro atoms. The van der Waals surface area contributed by atoms with Crippen molar-refractivity contribution in [2.45, 2.75) is 50.6 Å². The number of methoxy groups -OCH3 is 1. The number of hydrogen-bond acceptors (Lipinski definition) is 6. The predicted octanol–water partition coefficient (Wildman–Crippen LogP) is 3.83. The molecule has 2 aliphatic heterocycles. The van der Waals surface area contributed by atoms with Gasteiger partial charge in [-0.1, -0.05) is 25.1 Å². The van der Waals surface area contributed by atoms with E-state index >= 15 is 4.39 Å². The predicted molar refractivity (Wildman–Crippen MR) is 118 cm³/mol. The fourth-order valence-corrected chi connectivity index (χ4v) is 5.65. The minimum Gasteiger partial charge on any atom is -0.467 e. The van der Waals surface area contributed by atoms with Crippen LogP contribution in [0, 0.1) is 5.82 Å². The Kier molecular flexibility index (Phi) is 4.35. The maximum Gasteiger partial charge on any atom is 0.318 e. The molecule has 160 valence electrons. The van der Waals surface area contributed by atoms with E-state index in [9.17, 15) is 0 Å². The molecule has 1 aromatic carbocycles. The highest BCUT2D eigenvalue weighted by atomic mass is 19.1. The minimum atomic E-state index is -0.398. The second-order valence-electron chi connectivity index (χ2n) is 9.08. The lowest BCUT2D eigenvalue weighted by Gasteiger charge is -2.34. The summed E-state index contributed by atoms with van der Waals surface area (Å²) in [6.07, 6.45) is 6.19. The van der Waals surface area contributed by atoms with Gasteiger partial charge in [-0.05, 0) is 42.7 Å². The number of fused-ring (bicyclic) bond motifs is 4. The number of anilines is 1. The largest absolute Gasteiger partial charge is 0.467 e. The molecular formula is C24H26FN5O. The van der Waals surface area contributed by atoms with Crippen LogP contribution in [0.1, 0.15) is 43.2 Å². The monoisotopic (exact) mass is 419 g/mol. The number of halogens is 1. The highest BCUT2D eigenvalue weighted by molar-refractivity contribution is 5.92. The lowest BCUT2D eigenvalue weighted by Crippen LogP contribution is -2.51. The molecule has 6 nitrogen and oxygen atoms in total. The molecule has 7 heteroatoms. The normalized spacial score (nSPS) is 24.6. The molecule has 2 fully saturated rings. The van der Waals surface area contributed by atoms with Crippen LogP contribution in [0.5, 0.6) is 6.01 Å². The van der Waals surface area contributed by atoms with Crippen LogP contribution in [0.3, 0.4) is 0 Å². The zero-order valence-electron chi connectivity index (χ0n) is 17.9. The lowest BCUT2D eigenvalue weighted by molar-refractivity contribution is 0.380. The first-order valence-corrected chi connectivity index (χ1v) is 11.2. The summed E-state index contributed by atoms with van der Waals surface area (Å²) in [5.41, 5.74) is 4.03. The van der Waals surface area contributed by atoms with Crippen LogP contribution in [-0.4, -0.2) is 47.2 Å². The highest BCUT2D eigenvalue weighted by Gasteiger charge is 2.34. The third-order valence-corrected chi connectivity index (χ3v) is 7.13. The third-order valence-electron chi connectivity index (χ3n) is 7.13. The lowest BCUT2D eigenvalue weighted by atomic mass is 9.94. The van der Waals surface area contributed by atoms with Gasteiger partial charge in [0.1, 0.15) is 17.0 Å². The van der Waals surface area contributed by atoms with E-state index < -0.39 is 5.82 Å². The number of aromatic nitrogens is 3. The molecule has 3 aliphatic rings. The van der Waals surface area contributed by atoms with E-state index in [2.05, 4.69) is 38.2 Å². The molecule has 0 saturated carbocycles. The van der Waals surface area contributed by atoms with Crippen molar-refractivity contribution in [2.75, 3.05) is 25.1 Å². The maximum absolute atomic E-state index is 15.9. The van der Waals surface area contributed by atoms with Gasteiger partial charge in [0.05, 0.1) is 12.5 Å². The summed E-state index contributed by atoms with van der Waals surface area (Å²) in [4.78, 5) is 15.9. The van der Waals surface area contributed by atoms with Crippen LogP contribution >= 0.6 is 0 Å². The van der Waals surface area contributed by atoms with E-state index in [1.54, 1.807) is 6.20 Å². The van der Waals surface area contributed by atoms with Gasteiger partial charge >= 0.3 is 6.01 Å². The molecule has 2 bridgehead atoms. The van der Waals surface area contributed by atoms with Gasteiger partial charge in [0.2, 0.25) is 0 Å². The summed E-state index contributed by atoms with van der Waals surface area (Å²) in [7, 11) is 1.53. The van der Waals surface area contributed by atoms with E-state index in [1.807, 2.05) is 12.1 Å². The van der Waals surface area contributed by atoms with E-state index in [1.165, 1.54) is 18.2 Å². The Morgan fingerprint density at radius 2 is 1.94 bits per heavy atom. The van der Waals surface area contributed by atoms with Crippen molar-refractivity contribution in [1.29, 1.82) is 0 Å². The Hall–Kier alpha value is -2.80. The van der Waals surface area contributed by atoms with Crippen LogP contribution in [0.25, 0.3) is 22.2 Å². The average Bonchev–Trinajstić information content (AvgIpc) is 3.34. The maximum atomic E-state index is 15.9. The van der Waals surface area contributed by atoms with Crippen LogP contribution in [0.15, 0.2) is 24.4 Å². The molecule has 2 aromatic heterocycles. The summed E-state index contributed by atoms with van der Waals surface area (Å²) in [6.45, 7) is 3.90. The second kappa shape index (κ2) is 7.12. The van der Waals surface area contributed by atoms with E-state index in [4.69, 9.17) is 4.74 Å². The van der Waals surface area contributed by atoms with Crippen molar-refractivity contribution in [3.8, 4) is 17.3 Å². The first-order valence-electron chi connectivity index (χ1n) is 11.2. The third kappa shape index (κ3) is 2.97. The number of hydrogen-bond donors (Lipinski definition) is 1. The second-order valence-corrected chi connectivity index (χ2v) is 9.08. The van der Waals surface area contributed by atoms with Crippen LogP contribution in [0.2, 0.25) is 0 Å². The number of ether oxygens (including phenoxy) is 1. The van der Waals surface area contributed by atoms with Crippen molar-refractivity contribution < 1.29 is 9.13 Å². The van der Waals surface area contributed by atoms with Gasteiger partial charge in [-0.15, -0.1) is 0 Å². The van der Waals surface area contributed by atoms with Gasteiger partial charge in [0, 0.05) is 36.9 Å². The Labute approximate surface area is 180 Å². The van der Waals surface area contributed by atoms with Crippen LogP contribution in [0.4, 0.5) is 10.2 Å². The minimum absolute atomic E-state index is 0.191. The van der Waals surface area contributed by atoms with Crippen molar-refractivity contribution in [2.24, 2.45) is 0 Å². The molecule has 0 radical (unpaired) electrons. The molecule has 3 atom stereocenters. The average molecular weight is 420 g/mol. The zero-order valence-corrected chi connectivity index (χ0v) is 17.9. The number of aryl methyl sites for hydroxylation is 1. The Morgan fingerprint density at radius 3 is 2.71 bits per heavy atom. The first kappa shape index (κ1) is 18.9. The summed E-state index contributed by atoms with van der Waals surface area (Å²) < 4.78 is 21.3. The molecule has 4 heterocycles. The summed E-state index contributed by atoms with van der Waals surface area (Å²) >= 11 is 0. The van der Waals surface area contributed by atoms with Crippen molar-refractivity contribution in [3.05, 3.63) is 41.3 Å². The van der Waals surface area contributed by atoms with E-state index in [0.29, 0.717) is 34.9 Å². The smallest absolute Gasteiger partial charge is 0.318 e. The topological polar surface area (TPSA) is 63.2 Å². The highest BCUT2D eigenvalue weighted by Crippen LogP contribution is 2.41. The Morgan fingerprint density at radius 1 is 1.13 bits per heavy atom. The summed E-state index contributed by atoms with van der Waals surface area (Å²) in [5, 5.41) is 4.27. The fourth-order valence-electron chi connectivity index (χ4n) is 5.65. The van der Waals surface area contributed by atoms with E-state index in [0.717, 1.165) is 44.3 Å². The van der Waals surface area contributed by atoms with Gasteiger partial charge in [-0.25, -0.2) is 4.39 Å². The number of nitrogens with zero attached hydrogens (tertiary/aromatic N) is 4. The number of nitrogens with one attached hydrogen (secondary N) is 1. The van der Waals surface area contributed by atoms with Gasteiger partial charge in [-0.2, -0.15) is 9.97 Å². The van der Waals surface area contributed by atoms with Crippen molar-refractivity contribution >= 4 is 16.7 Å². The van der Waals surface area contributed by atoms with E-state index in [-0.39, 0.29) is 11.5 Å². The first-order chi connectivity index (χ1) is 15.1. The molecule has 2 saturated heterocycles. The molecule has 1 N–H and O–H groups in total. The molecular weight excluding hydrogens is 393 g/mol. The molecule has 31 heavy (non-hydrogen) atoms. The summed E-state index contributed by atoms with van der Waals surface area (Å²) in [5.74, 6) is 0.713. The van der Waals surface area contributed by atoms with Gasteiger partial charge in [-0.3, -0.25) is 4.98 Å². The van der Waals surface area contributed by atoms with Gasteiger partial charge in [0.25, 0.3) is 0 Å². The Balaban J connectivity index is 1.52. The van der Waals surface area contributed by atoms with Crippen LogP contribution < -0.4 is 15.0 Å². The number of rotatable bonds is 3. The van der Waals surface area contributed by atoms with Crippen molar-refractivity contribution in [1.82, 2.24) is 20.3 Å². The number of pyridine rings is 1. The van der Waals surface area contributed by atoms with Crippen LogP contribution in [-0.2, 0) is 6.42 Å². The van der Waals surface area contributed by atoms with Gasteiger partial charge in [0.15, 0.2) is 5.82 Å². The Bertz CT molecular complexity index is 1170. The quantitative estimate of drug-likeness (QED) is 0.696.